The second kappa shape index (κ2) is 14.0. The highest BCUT2D eigenvalue weighted by Gasteiger charge is 2.39. The van der Waals surface area contributed by atoms with Crippen LogP contribution in [0.25, 0.3) is 44.3 Å². The molecule has 11 nitrogen and oxygen atoms in total. The first-order valence-corrected chi connectivity index (χ1v) is 20.9. The van der Waals surface area contributed by atoms with Crippen molar-refractivity contribution in [2.24, 2.45) is 0 Å². The number of methoxy groups -OCH3 is 1. The van der Waals surface area contributed by atoms with Crippen LogP contribution in [0.15, 0.2) is 107 Å². The van der Waals surface area contributed by atoms with Crippen molar-refractivity contribution in [1.82, 2.24) is 18.6 Å². The average molecular weight is 789 g/mol. The molecule has 0 radical (unpaired) electrons. The summed E-state index contributed by atoms with van der Waals surface area (Å²) in [6.45, 7) is 0.753. The van der Waals surface area contributed by atoms with Crippen molar-refractivity contribution in [3.05, 3.63) is 97.1 Å². The van der Waals surface area contributed by atoms with E-state index in [0.717, 1.165) is 47.4 Å². The van der Waals surface area contributed by atoms with Crippen LogP contribution in [-0.2, 0) is 24.8 Å². The van der Waals surface area contributed by atoms with E-state index in [-0.39, 0.29) is 42.0 Å². The summed E-state index contributed by atoms with van der Waals surface area (Å²) in [4.78, 5) is 10.5. The van der Waals surface area contributed by atoms with Crippen LogP contribution >= 0.6 is 0 Å². The largest absolute Gasteiger partial charge is 0.378 e. The highest BCUT2D eigenvalue weighted by molar-refractivity contribution is 7.89. The second-order valence-electron chi connectivity index (χ2n) is 14.3. The first kappa shape index (κ1) is 37.1. The lowest BCUT2D eigenvalue weighted by molar-refractivity contribution is 0.0257. The fourth-order valence-electron chi connectivity index (χ4n) is 7.38. The minimum Gasteiger partial charge on any atom is -0.378 e. The lowest BCUT2D eigenvalue weighted by Crippen LogP contribution is -2.52. The topological polar surface area (TPSA) is 122 Å². The fraction of sp³-hybridized carbons (Fsp3) is 0.300. The Kier molecular flexibility index (Phi) is 9.49. The predicted molar refractivity (Wildman–Crippen MR) is 212 cm³/mol. The molecule has 2 aliphatic rings. The minimum absolute atomic E-state index is 0.0378. The Morgan fingerprint density at radius 2 is 1.18 bits per heavy atom. The Bertz CT molecular complexity index is 2550. The molecule has 0 bridgehead atoms. The minimum atomic E-state index is -4.13. The molecular weight excluding hydrogens is 747 g/mol. The smallest absolute Gasteiger partial charge is 0.266 e. The van der Waals surface area contributed by atoms with Gasteiger partial charge in [0.15, 0.2) is 0 Å². The fourth-order valence-corrected chi connectivity index (χ4v) is 9.76. The number of likely N-dealkylation sites (N-methyl/N-ethyl adjacent to an activating group) is 2. The number of halogens is 2. The third kappa shape index (κ3) is 6.99. The van der Waals surface area contributed by atoms with Crippen LogP contribution in [-0.4, -0.2) is 108 Å². The number of sulfonamides is 2. The zero-order chi connectivity index (χ0) is 38.7. The maximum atomic E-state index is 14.3. The van der Waals surface area contributed by atoms with E-state index in [1.165, 1.54) is 26.2 Å². The van der Waals surface area contributed by atoms with Crippen LogP contribution in [0.2, 0.25) is 0 Å². The van der Waals surface area contributed by atoms with E-state index in [2.05, 4.69) is 14.9 Å². The molecule has 2 fully saturated rings. The SMILES string of the molecule is COC1CN(c2ccc(S(=O)(=O)N(C)CCN(C)S(=O)(=O)c3ccc(N4CCC(F)(F)C4)c(-c4cc5ccccc5[nH]4)c3)cc2-c2cc3ccccc3[nH]2)C1. The molecule has 4 heterocycles. The van der Waals surface area contributed by atoms with E-state index in [1.807, 2.05) is 66.7 Å². The molecule has 6 aromatic rings. The third-order valence-corrected chi connectivity index (χ3v) is 14.5. The molecule has 55 heavy (non-hydrogen) atoms. The van der Waals surface area contributed by atoms with Crippen LogP contribution in [0.1, 0.15) is 6.42 Å². The Hall–Kier alpha value is -4.80. The van der Waals surface area contributed by atoms with Gasteiger partial charge in [-0.15, -0.1) is 0 Å². The molecule has 2 aliphatic heterocycles. The number of alkyl halides is 2. The second-order valence-corrected chi connectivity index (χ2v) is 18.4. The van der Waals surface area contributed by atoms with Crippen molar-refractivity contribution in [1.29, 1.82) is 0 Å². The summed E-state index contributed by atoms with van der Waals surface area (Å²) >= 11 is 0. The molecular formula is C40H42F2N6O5S2. The molecule has 0 saturated carbocycles. The molecule has 0 atom stereocenters. The van der Waals surface area contributed by atoms with Gasteiger partial charge in [0, 0.05) is 116 Å². The quantitative estimate of drug-likeness (QED) is 0.143. The molecule has 2 N–H and O–H groups in total. The van der Waals surface area contributed by atoms with Gasteiger partial charge >= 0.3 is 0 Å². The number of aromatic amines is 2. The zero-order valence-electron chi connectivity index (χ0n) is 30.7. The molecule has 2 saturated heterocycles. The third-order valence-electron chi connectivity index (χ3n) is 10.8. The Morgan fingerprint density at radius 3 is 1.62 bits per heavy atom. The molecule has 0 unspecified atom stereocenters. The molecule has 288 valence electrons. The lowest BCUT2D eigenvalue weighted by Gasteiger charge is -2.41. The number of rotatable bonds is 12. The van der Waals surface area contributed by atoms with Gasteiger partial charge < -0.3 is 24.5 Å². The molecule has 0 amide bonds. The molecule has 8 rings (SSSR count). The normalized spacial score (nSPS) is 16.6. The Morgan fingerprint density at radius 1 is 0.709 bits per heavy atom. The van der Waals surface area contributed by atoms with Gasteiger partial charge in [-0.1, -0.05) is 36.4 Å². The molecule has 0 aliphatic carbocycles. The first-order chi connectivity index (χ1) is 26.2. The van der Waals surface area contributed by atoms with Crippen molar-refractivity contribution < 1.29 is 30.4 Å². The summed E-state index contributed by atoms with van der Waals surface area (Å²) in [7, 11) is -3.68. The monoisotopic (exact) mass is 788 g/mol. The van der Waals surface area contributed by atoms with Crippen molar-refractivity contribution in [3.63, 3.8) is 0 Å². The average Bonchev–Trinajstić information content (AvgIpc) is 3.89. The van der Waals surface area contributed by atoms with Crippen LogP contribution in [0, 0.1) is 0 Å². The lowest BCUT2D eigenvalue weighted by atomic mass is 10.0. The number of aromatic nitrogens is 2. The summed E-state index contributed by atoms with van der Waals surface area (Å²) in [5.41, 5.74) is 5.72. The van der Waals surface area contributed by atoms with E-state index >= 15 is 0 Å². The predicted octanol–water partition coefficient (Wildman–Crippen LogP) is 6.60. The van der Waals surface area contributed by atoms with Gasteiger partial charge in [0.05, 0.1) is 22.4 Å². The number of ether oxygens (including phenoxy) is 1. The zero-order valence-corrected chi connectivity index (χ0v) is 32.3. The first-order valence-electron chi connectivity index (χ1n) is 18.0. The van der Waals surface area contributed by atoms with Crippen LogP contribution < -0.4 is 9.80 Å². The van der Waals surface area contributed by atoms with Crippen molar-refractivity contribution in [2.45, 2.75) is 28.2 Å². The summed E-state index contributed by atoms with van der Waals surface area (Å²) in [5, 5.41) is 1.89. The van der Waals surface area contributed by atoms with Crippen molar-refractivity contribution in [3.8, 4) is 22.5 Å². The Labute approximate surface area is 319 Å². The number of fused-ring (bicyclic) bond motifs is 2. The molecule has 2 aromatic heterocycles. The molecule has 4 aromatic carbocycles. The number of nitrogens with zero attached hydrogens (tertiary/aromatic N) is 4. The van der Waals surface area contributed by atoms with Gasteiger partial charge in [0.25, 0.3) is 5.92 Å². The van der Waals surface area contributed by atoms with Gasteiger partial charge in [-0.3, -0.25) is 0 Å². The van der Waals surface area contributed by atoms with Crippen molar-refractivity contribution >= 4 is 53.2 Å². The van der Waals surface area contributed by atoms with E-state index in [1.54, 1.807) is 30.2 Å². The number of anilines is 2. The summed E-state index contributed by atoms with van der Waals surface area (Å²) in [6.07, 6.45) is -0.199. The number of benzene rings is 4. The summed E-state index contributed by atoms with van der Waals surface area (Å²) in [6, 6.07) is 28.8. The molecule has 15 heteroatoms. The maximum absolute atomic E-state index is 14.3. The van der Waals surface area contributed by atoms with Crippen LogP contribution in [0.3, 0.4) is 0 Å². The van der Waals surface area contributed by atoms with Gasteiger partial charge in [0.1, 0.15) is 0 Å². The molecule has 0 spiro atoms. The van der Waals surface area contributed by atoms with Crippen LogP contribution in [0.5, 0.6) is 0 Å². The van der Waals surface area contributed by atoms with Crippen LogP contribution in [0.4, 0.5) is 20.2 Å². The van der Waals surface area contributed by atoms with E-state index < -0.39 is 32.5 Å². The number of hydrogen-bond acceptors (Lipinski definition) is 7. The van der Waals surface area contributed by atoms with Crippen molar-refractivity contribution in [2.75, 3.05) is 70.3 Å². The van der Waals surface area contributed by atoms with Gasteiger partial charge in [-0.05, 0) is 60.7 Å². The standard InChI is InChI=1S/C40H42F2N6O5S2/c1-45(54(49,50)30-12-14-38(47-17-16-40(41,42)26-47)32(22-30)36-20-27-8-4-6-10-34(27)43-36)18-19-46(2)55(51,52)31-13-15-39(48-24-29(25-48)53-3)33(23-31)37-21-28-9-5-7-11-35(28)44-37/h4-15,20-23,29,43-44H,16-19,24-26H2,1-3H3. The van der Waals surface area contributed by atoms with E-state index in [0.29, 0.717) is 30.0 Å². The number of H-pyrrole nitrogens is 2. The summed E-state index contributed by atoms with van der Waals surface area (Å²) < 4.78 is 92.4. The highest BCUT2D eigenvalue weighted by atomic mass is 32.2. The van der Waals surface area contributed by atoms with Gasteiger partial charge in [-0.2, -0.15) is 8.61 Å². The van der Waals surface area contributed by atoms with E-state index in [9.17, 15) is 25.6 Å². The van der Waals surface area contributed by atoms with Gasteiger partial charge in [0.2, 0.25) is 20.0 Å². The summed E-state index contributed by atoms with van der Waals surface area (Å²) in [5.74, 6) is -2.85. The van der Waals surface area contributed by atoms with Gasteiger partial charge in [-0.25, -0.2) is 25.6 Å². The maximum Gasteiger partial charge on any atom is 0.266 e. The highest BCUT2D eigenvalue weighted by Crippen LogP contribution is 2.40. The number of hydrogen-bond donors (Lipinski definition) is 2. The van der Waals surface area contributed by atoms with E-state index in [4.69, 9.17) is 4.74 Å². The Balaban J connectivity index is 1.04. The number of nitrogens with one attached hydrogen (secondary N) is 2. The number of para-hydroxylation sites is 2.